The highest BCUT2D eigenvalue weighted by Crippen LogP contribution is 2.45. The summed E-state index contributed by atoms with van der Waals surface area (Å²) in [5.74, 6) is -2.26. The van der Waals surface area contributed by atoms with E-state index >= 15 is 0 Å². The molecule has 1 heterocycles. The summed E-state index contributed by atoms with van der Waals surface area (Å²) in [5, 5.41) is 11.4. The summed E-state index contributed by atoms with van der Waals surface area (Å²) in [6.07, 6.45) is -4.60. The molecule has 0 spiro atoms. The summed E-state index contributed by atoms with van der Waals surface area (Å²) in [7, 11) is 0. The fourth-order valence-corrected chi connectivity index (χ4v) is 2.07. The highest BCUT2D eigenvalue weighted by atomic mass is 19.4. The molecule has 0 aromatic rings. The van der Waals surface area contributed by atoms with Gasteiger partial charge in [-0.15, -0.1) is 0 Å². The molecule has 0 aliphatic carbocycles. The Kier molecular flexibility index (Phi) is 4.78. The Morgan fingerprint density at radius 3 is 2.47 bits per heavy atom. The molecule has 1 unspecified atom stereocenters. The van der Waals surface area contributed by atoms with Crippen LogP contribution in [0.2, 0.25) is 0 Å². The van der Waals surface area contributed by atoms with Gasteiger partial charge in [0.1, 0.15) is 0 Å². The fraction of sp³-hybridized carbons (Fsp3) is 0.818. The topological polar surface area (TPSA) is 69.6 Å². The monoisotopic (exact) mass is 282 g/mol. The number of carboxylic acid groups (broad SMARTS) is 1. The third-order valence-corrected chi connectivity index (χ3v) is 3.24. The van der Waals surface area contributed by atoms with Crippen LogP contribution in [0.25, 0.3) is 0 Å². The van der Waals surface area contributed by atoms with Crippen molar-refractivity contribution in [3.05, 3.63) is 0 Å². The molecular formula is C11H17F3N2O3. The molecule has 19 heavy (non-hydrogen) atoms. The maximum absolute atomic E-state index is 12.9. The third-order valence-electron chi connectivity index (χ3n) is 3.24. The molecule has 1 fully saturated rings. The van der Waals surface area contributed by atoms with Crippen LogP contribution in [0.15, 0.2) is 0 Å². The van der Waals surface area contributed by atoms with Crippen LogP contribution in [0.1, 0.15) is 19.8 Å². The quantitative estimate of drug-likeness (QED) is 0.784. The predicted molar refractivity (Wildman–Crippen MR) is 60.5 cm³/mol. The second-order valence-corrected chi connectivity index (χ2v) is 4.70. The summed E-state index contributed by atoms with van der Waals surface area (Å²) in [6.45, 7) is 1.38. The maximum atomic E-state index is 12.9. The molecule has 0 saturated carbocycles. The van der Waals surface area contributed by atoms with E-state index in [4.69, 9.17) is 5.11 Å². The van der Waals surface area contributed by atoms with E-state index in [9.17, 15) is 22.8 Å². The number of likely N-dealkylation sites (tertiary alicyclic amines) is 1. The van der Waals surface area contributed by atoms with Gasteiger partial charge < -0.3 is 10.4 Å². The van der Waals surface area contributed by atoms with Crippen molar-refractivity contribution in [1.29, 1.82) is 0 Å². The lowest BCUT2D eigenvalue weighted by molar-refractivity contribution is -0.227. The second kappa shape index (κ2) is 5.77. The van der Waals surface area contributed by atoms with Crippen molar-refractivity contribution in [1.82, 2.24) is 10.2 Å². The molecule has 0 bridgehead atoms. The van der Waals surface area contributed by atoms with E-state index in [-0.39, 0.29) is 19.0 Å². The molecule has 1 aliphatic heterocycles. The number of nitrogens with one attached hydrogen (secondary N) is 1. The van der Waals surface area contributed by atoms with Crippen LogP contribution in [-0.4, -0.2) is 54.2 Å². The molecule has 2 N–H and O–H groups in total. The molecule has 0 aromatic carbocycles. The molecule has 1 rings (SSSR count). The molecule has 1 amide bonds. The fourth-order valence-electron chi connectivity index (χ4n) is 2.07. The Balaban J connectivity index is 2.65. The number of carbonyl (C=O) groups is 2. The van der Waals surface area contributed by atoms with E-state index in [1.807, 2.05) is 6.92 Å². The van der Waals surface area contributed by atoms with Crippen molar-refractivity contribution >= 4 is 11.9 Å². The molecule has 0 aromatic heterocycles. The first-order valence-electron chi connectivity index (χ1n) is 6.02. The van der Waals surface area contributed by atoms with Crippen LogP contribution in [0, 0.1) is 5.41 Å². The van der Waals surface area contributed by atoms with Crippen LogP contribution in [0.5, 0.6) is 0 Å². The zero-order valence-electron chi connectivity index (χ0n) is 10.6. The molecular weight excluding hydrogens is 265 g/mol. The molecule has 1 saturated heterocycles. The van der Waals surface area contributed by atoms with Gasteiger partial charge in [-0.2, -0.15) is 13.2 Å². The van der Waals surface area contributed by atoms with Gasteiger partial charge in [-0.3, -0.25) is 14.5 Å². The number of carbonyl (C=O) groups excluding carboxylic acids is 1. The van der Waals surface area contributed by atoms with E-state index in [1.165, 1.54) is 4.90 Å². The van der Waals surface area contributed by atoms with Crippen LogP contribution in [0.4, 0.5) is 13.2 Å². The lowest BCUT2D eigenvalue weighted by Gasteiger charge is -2.27. The summed E-state index contributed by atoms with van der Waals surface area (Å²) in [5.41, 5.74) is -2.75. The number of hydrogen-bond acceptors (Lipinski definition) is 3. The van der Waals surface area contributed by atoms with Gasteiger partial charge in [0.05, 0.1) is 6.54 Å². The minimum Gasteiger partial charge on any atom is -0.481 e. The van der Waals surface area contributed by atoms with Crippen molar-refractivity contribution in [3.63, 3.8) is 0 Å². The number of amides is 1. The van der Waals surface area contributed by atoms with Crippen molar-refractivity contribution in [2.45, 2.75) is 25.9 Å². The number of alkyl halides is 3. The van der Waals surface area contributed by atoms with Gasteiger partial charge >= 0.3 is 12.1 Å². The Morgan fingerprint density at radius 1 is 1.42 bits per heavy atom. The second-order valence-electron chi connectivity index (χ2n) is 4.70. The van der Waals surface area contributed by atoms with Gasteiger partial charge in [-0.25, -0.2) is 0 Å². The van der Waals surface area contributed by atoms with E-state index in [0.717, 1.165) is 6.42 Å². The third kappa shape index (κ3) is 3.37. The first-order valence-corrected chi connectivity index (χ1v) is 6.02. The van der Waals surface area contributed by atoms with Crippen LogP contribution >= 0.6 is 0 Å². The van der Waals surface area contributed by atoms with Gasteiger partial charge in [0, 0.05) is 19.6 Å². The summed E-state index contributed by atoms with van der Waals surface area (Å²) in [6, 6.07) is 0. The normalized spacial score (nSPS) is 24.4. The molecule has 0 radical (unpaired) electrons. The number of rotatable bonds is 5. The summed E-state index contributed by atoms with van der Waals surface area (Å²) in [4.78, 5) is 23.6. The first-order chi connectivity index (χ1) is 8.73. The summed E-state index contributed by atoms with van der Waals surface area (Å²) >= 11 is 0. The Hall–Kier alpha value is -1.31. The van der Waals surface area contributed by atoms with Gasteiger partial charge in [-0.1, -0.05) is 6.92 Å². The van der Waals surface area contributed by atoms with E-state index in [0.29, 0.717) is 6.54 Å². The maximum Gasteiger partial charge on any atom is 0.406 e. The Bertz CT molecular complexity index is 360. The number of nitrogens with zero attached hydrogens (tertiary/aromatic N) is 1. The van der Waals surface area contributed by atoms with Gasteiger partial charge in [0.2, 0.25) is 5.91 Å². The average Bonchev–Trinajstić information content (AvgIpc) is 2.71. The number of aliphatic carboxylic acids is 1. The van der Waals surface area contributed by atoms with Crippen molar-refractivity contribution in [2.24, 2.45) is 5.41 Å². The van der Waals surface area contributed by atoms with Crippen molar-refractivity contribution in [2.75, 3.05) is 26.2 Å². The number of hydrogen-bond donors (Lipinski definition) is 2. The van der Waals surface area contributed by atoms with Gasteiger partial charge in [0.15, 0.2) is 5.41 Å². The average molecular weight is 282 g/mol. The Labute approximate surface area is 108 Å². The lowest BCUT2D eigenvalue weighted by Crippen LogP contribution is -2.48. The van der Waals surface area contributed by atoms with E-state index < -0.39 is 30.5 Å². The first kappa shape index (κ1) is 15.7. The minimum absolute atomic E-state index is 0.0502. The van der Waals surface area contributed by atoms with Gasteiger partial charge in [0.25, 0.3) is 0 Å². The zero-order chi connectivity index (χ0) is 14.7. The van der Waals surface area contributed by atoms with Gasteiger partial charge in [-0.05, 0) is 12.8 Å². The zero-order valence-corrected chi connectivity index (χ0v) is 10.6. The smallest absolute Gasteiger partial charge is 0.406 e. The number of carboxylic acids is 1. The van der Waals surface area contributed by atoms with E-state index in [2.05, 4.69) is 5.32 Å². The lowest BCUT2D eigenvalue weighted by atomic mass is 9.86. The Morgan fingerprint density at radius 2 is 2.05 bits per heavy atom. The van der Waals surface area contributed by atoms with Crippen molar-refractivity contribution < 1.29 is 27.9 Å². The number of halogens is 3. The van der Waals surface area contributed by atoms with Crippen LogP contribution in [-0.2, 0) is 9.59 Å². The molecule has 5 nitrogen and oxygen atoms in total. The van der Waals surface area contributed by atoms with E-state index in [1.54, 1.807) is 0 Å². The minimum atomic E-state index is -4.81. The van der Waals surface area contributed by atoms with Crippen LogP contribution < -0.4 is 5.32 Å². The van der Waals surface area contributed by atoms with Crippen molar-refractivity contribution in [3.8, 4) is 0 Å². The SMILES string of the molecule is CCCNC(=O)CN1CCC(C(=O)O)(C(F)(F)F)C1. The predicted octanol–water partition coefficient (Wildman–Crippen LogP) is 0.852. The summed E-state index contributed by atoms with van der Waals surface area (Å²) < 4.78 is 38.6. The molecule has 110 valence electrons. The largest absolute Gasteiger partial charge is 0.481 e. The molecule has 8 heteroatoms. The highest BCUT2D eigenvalue weighted by molar-refractivity contribution is 5.79. The van der Waals surface area contributed by atoms with Crippen LogP contribution in [0.3, 0.4) is 0 Å². The molecule has 1 atom stereocenters. The standard InChI is InChI=1S/C11H17F3N2O3/c1-2-4-15-8(17)6-16-5-3-10(7-16,9(18)19)11(12,13)14/h2-7H2,1H3,(H,15,17)(H,18,19). The molecule has 1 aliphatic rings. The highest BCUT2D eigenvalue weighted by Gasteiger charge is 2.63.